The molecule has 0 saturated carbocycles. The van der Waals surface area contributed by atoms with Crippen molar-refractivity contribution < 1.29 is 14.4 Å². The lowest BCUT2D eigenvalue weighted by Gasteiger charge is -2.54. The number of barbiturate groups is 1. The number of nitrogens with zero attached hydrogens (tertiary/aromatic N) is 3. The average molecular weight is 545 g/mol. The molecule has 7 nitrogen and oxygen atoms in total. The SMILES string of the molecule is Cc1ccc2nc3c(cc2c1)CC1(C(=O)NC(=O)N(Cc2ccccc2)C1=O)C1CC(Cc2ccccc2)CCN31. The van der Waals surface area contributed by atoms with E-state index in [1.807, 2.05) is 61.5 Å². The third-order valence-corrected chi connectivity index (χ3v) is 9.10. The number of carbonyl (C=O) groups excluding carboxylic acids is 3. The summed E-state index contributed by atoms with van der Waals surface area (Å²) in [5.41, 5.74) is 3.55. The Balaban J connectivity index is 1.33. The molecule has 3 aliphatic rings. The van der Waals surface area contributed by atoms with Crippen molar-refractivity contribution >= 4 is 34.6 Å². The molecule has 7 heteroatoms. The van der Waals surface area contributed by atoms with Gasteiger partial charge in [-0.15, -0.1) is 0 Å². The number of imide groups is 2. The first-order chi connectivity index (χ1) is 19.9. The summed E-state index contributed by atoms with van der Waals surface area (Å²) in [6.07, 6.45) is 2.67. The number of piperidine rings is 1. The fourth-order valence-electron chi connectivity index (χ4n) is 7.08. The summed E-state index contributed by atoms with van der Waals surface area (Å²) in [7, 11) is 0. The van der Waals surface area contributed by atoms with Gasteiger partial charge in [0, 0.05) is 18.4 Å². The number of carbonyl (C=O) groups is 3. The van der Waals surface area contributed by atoms with Gasteiger partial charge in [-0.3, -0.25) is 19.8 Å². The predicted molar refractivity (Wildman–Crippen MR) is 157 cm³/mol. The molecule has 41 heavy (non-hydrogen) atoms. The van der Waals surface area contributed by atoms with Crippen LogP contribution in [0.2, 0.25) is 0 Å². The van der Waals surface area contributed by atoms with Gasteiger partial charge in [-0.05, 0) is 67.0 Å². The van der Waals surface area contributed by atoms with Crippen LogP contribution in [0, 0.1) is 18.3 Å². The second-order valence-corrected chi connectivity index (χ2v) is 11.7. The van der Waals surface area contributed by atoms with Crippen LogP contribution in [0.5, 0.6) is 0 Å². The Hall–Kier alpha value is -4.52. The highest BCUT2D eigenvalue weighted by Crippen LogP contribution is 2.49. The van der Waals surface area contributed by atoms with Crippen molar-refractivity contribution in [1.29, 1.82) is 0 Å². The molecule has 3 atom stereocenters. The maximum atomic E-state index is 14.6. The number of urea groups is 1. The van der Waals surface area contributed by atoms with E-state index in [-0.39, 0.29) is 13.0 Å². The molecule has 1 aromatic heterocycles. The molecule has 4 heterocycles. The molecule has 2 saturated heterocycles. The van der Waals surface area contributed by atoms with E-state index < -0.39 is 29.3 Å². The highest BCUT2D eigenvalue weighted by atomic mass is 16.2. The standard InChI is InChI=1S/C34H32N4O3/c1-22-12-13-28-26(16-22)19-27-20-34(31(39)36-33(41)38(32(34)40)21-24-10-6-3-7-11-24)29-18-25(14-15-37(29)30(27)35-28)17-23-8-4-2-5-9-23/h2-13,16,19,25,29H,14-15,17-18,20-21H2,1H3,(H,36,39,41). The van der Waals surface area contributed by atoms with E-state index in [0.29, 0.717) is 18.9 Å². The van der Waals surface area contributed by atoms with Gasteiger partial charge in [0.05, 0.1) is 18.1 Å². The van der Waals surface area contributed by atoms with Crippen molar-refractivity contribution in [2.45, 2.75) is 45.2 Å². The molecule has 4 amide bonds. The van der Waals surface area contributed by atoms with Crippen LogP contribution >= 0.6 is 0 Å². The number of hydrogen-bond donors (Lipinski definition) is 1. The Morgan fingerprint density at radius 3 is 2.41 bits per heavy atom. The van der Waals surface area contributed by atoms with Gasteiger partial charge >= 0.3 is 6.03 Å². The zero-order valence-electron chi connectivity index (χ0n) is 23.0. The number of nitrogens with one attached hydrogen (secondary N) is 1. The second kappa shape index (κ2) is 9.84. The Morgan fingerprint density at radius 2 is 1.66 bits per heavy atom. The van der Waals surface area contributed by atoms with Crippen LogP contribution in [0.1, 0.15) is 35.1 Å². The van der Waals surface area contributed by atoms with Crippen LogP contribution in [0.4, 0.5) is 10.6 Å². The monoisotopic (exact) mass is 544 g/mol. The molecule has 7 rings (SSSR count). The number of pyridine rings is 1. The number of aryl methyl sites for hydroxylation is 1. The first-order valence-corrected chi connectivity index (χ1v) is 14.3. The normalized spacial score (nSPS) is 23.9. The quantitative estimate of drug-likeness (QED) is 0.358. The number of aromatic nitrogens is 1. The third-order valence-electron chi connectivity index (χ3n) is 9.10. The predicted octanol–water partition coefficient (Wildman–Crippen LogP) is 5.19. The number of benzene rings is 3. The maximum Gasteiger partial charge on any atom is 0.331 e. The van der Waals surface area contributed by atoms with E-state index in [1.54, 1.807) is 0 Å². The van der Waals surface area contributed by atoms with Crippen molar-refractivity contribution in [2.24, 2.45) is 11.3 Å². The molecule has 4 aromatic rings. The molecule has 1 spiro atoms. The van der Waals surface area contributed by atoms with Gasteiger partial charge in [-0.1, -0.05) is 72.3 Å². The topological polar surface area (TPSA) is 82.6 Å². The molecule has 206 valence electrons. The summed E-state index contributed by atoms with van der Waals surface area (Å²) in [6.45, 7) is 2.84. The zero-order valence-corrected chi connectivity index (χ0v) is 23.0. The van der Waals surface area contributed by atoms with Gasteiger partial charge in [0.25, 0.3) is 0 Å². The molecule has 2 fully saturated rings. The lowest BCUT2D eigenvalue weighted by molar-refractivity contribution is -0.154. The Bertz CT molecular complexity index is 1670. The highest BCUT2D eigenvalue weighted by molar-refractivity contribution is 6.20. The molecular formula is C34H32N4O3. The molecule has 0 bridgehead atoms. The van der Waals surface area contributed by atoms with Crippen LogP contribution in [0.25, 0.3) is 10.9 Å². The van der Waals surface area contributed by atoms with Crippen LogP contribution in [-0.2, 0) is 29.0 Å². The molecule has 0 aliphatic carbocycles. The summed E-state index contributed by atoms with van der Waals surface area (Å²) in [6, 6.07) is 27.0. The van der Waals surface area contributed by atoms with Crippen molar-refractivity contribution in [3.8, 4) is 0 Å². The van der Waals surface area contributed by atoms with E-state index in [0.717, 1.165) is 46.3 Å². The van der Waals surface area contributed by atoms with E-state index in [9.17, 15) is 14.4 Å². The van der Waals surface area contributed by atoms with Crippen LogP contribution < -0.4 is 10.2 Å². The van der Waals surface area contributed by atoms with Crippen molar-refractivity contribution in [3.63, 3.8) is 0 Å². The number of hydrogen-bond acceptors (Lipinski definition) is 5. The lowest BCUT2D eigenvalue weighted by atomic mass is 9.64. The fourth-order valence-corrected chi connectivity index (χ4v) is 7.08. The number of amides is 4. The first-order valence-electron chi connectivity index (χ1n) is 14.3. The van der Waals surface area contributed by atoms with Crippen molar-refractivity contribution in [3.05, 3.63) is 107 Å². The molecule has 1 N–H and O–H groups in total. The Labute approximate surface area is 239 Å². The van der Waals surface area contributed by atoms with Gasteiger partial charge in [-0.25, -0.2) is 9.78 Å². The van der Waals surface area contributed by atoms with E-state index in [1.165, 1.54) is 10.5 Å². The molecule has 0 radical (unpaired) electrons. The summed E-state index contributed by atoms with van der Waals surface area (Å²) in [5.74, 6) is 0.228. The van der Waals surface area contributed by atoms with E-state index in [2.05, 4.69) is 40.5 Å². The van der Waals surface area contributed by atoms with E-state index >= 15 is 0 Å². The van der Waals surface area contributed by atoms with Crippen molar-refractivity contribution in [1.82, 2.24) is 15.2 Å². The van der Waals surface area contributed by atoms with Crippen LogP contribution in [-0.4, -0.2) is 40.3 Å². The van der Waals surface area contributed by atoms with Crippen LogP contribution in [0.15, 0.2) is 84.9 Å². The van der Waals surface area contributed by atoms with E-state index in [4.69, 9.17) is 4.98 Å². The summed E-state index contributed by atoms with van der Waals surface area (Å²) < 4.78 is 0. The first kappa shape index (κ1) is 25.4. The highest BCUT2D eigenvalue weighted by Gasteiger charge is 2.63. The summed E-state index contributed by atoms with van der Waals surface area (Å²) in [5, 5.41) is 3.58. The third kappa shape index (κ3) is 4.27. The lowest BCUT2D eigenvalue weighted by Crippen LogP contribution is -2.73. The number of anilines is 1. The zero-order chi connectivity index (χ0) is 28.1. The molecule has 3 aliphatic heterocycles. The minimum Gasteiger partial charge on any atom is -0.352 e. The summed E-state index contributed by atoms with van der Waals surface area (Å²) in [4.78, 5) is 50.2. The maximum absolute atomic E-state index is 14.6. The van der Waals surface area contributed by atoms with Gasteiger partial charge in [0.15, 0.2) is 5.41 Å². The Kier molecular flexibility index (Phi) is 6.11. The van der Waals surface area contributed by atoms with Gasteiger partial charge in [-0.2, -0.15) is 0 Å². The fraction of sp³-hybridized carbons (Fsp3) is 0.294. The summed E-state index contributed by atoms with van der Waals surface area (Å²) >= 11 is 0. The number of fused-ring (bicyclic) bond motifs is 5. The van der Waals surface area contributed by atoms with Crippen molar-refractivity contribution in [2.75, 3.05) is 11.4 Å². The average Bonchev–Trinajstić information content (AvgIpc) is 2.98. The Morgan fingerprint density at radius 1 is 0.927 bits per heavy atom. The largest absolute Gasteiger partial charge is 0.352 e. The van der Waals surface area contributed by atoms with Gasteiger partial charge in [0.2, 0.25) is 11.8 Å². The second-order valence-electron chi connectivity index (χ2n) is 11.7. The molecule has 3 unspecified atom stereocenters. The molecule has 3 aromatic carbocycles. The minimum atomic E-state index is -1.43. The molecular weight excluding hydrogens is 512 g/mol. The minimum absolute atomic E-state index is 0.114. The van der Waals surface area contributed by atoms with Crippen LogP contribution in [0.3, 0.4) is 0 Å². The smallest absolute Gasteiger partial charge is 0.331 e. The number of rotatable bonds is 4. The van der Waals surface area contributed by atoms with Gasteiger partial charge in [0.1, 0.15) is 5.82 Å². The van der Waals surface area contributed by atoms with Gasteiger partial charge < -0.3 is 4.90 Å².